The predicted molar refractivity (Wildman–Crippen MR) is 100.0 cm³/mol. The maximum Gasteiger partial charge on any atom is 0.280 e. The molecule has 3 heterocycles. The molecule has 0 unspecified atom stereocenters. The summed E-state index contributed by atoms with van der Waals surface area (Å²) in [5.74, 6) is 1.28. The number of nitrogens with zero attached hydrogens (tertiary/aromatic N) is 2. The topological polar surface area (TPSA) is 26.5 Å². The minimum atomic E-state index is -0.892. The Morgan fingerprint density at radius 1 is 1.17 bits per heavy atom. The molecule has 0 fully saturated rings. The molecule has 2 aromatic rings. The van der Waals surface area contributed by atoms with Gasteiger partial charge in [-0.05, 0) is 54.8 Å². The fraction of sp³-hybridized carbons (Fsp3) is 0.450. The van der Waals surface area contributed by atoms with Crippen LogP contribution in [-0.2, 0) is 12.1 Å². The van der Waals surface area contributed by atoms with Crippen molar-refractivity contribution in [2.24, 2.45) is 0 Å². The summed E-state index contributed by atoms with van der Waals surface area (Å²) in [6, 6.07) is 12.9. The van der Waals surface area contributed by atoms with Gasteiger partial charge in [-0.3, -0.25) is 0 Å². The lowest BCUT2D eigenvalue weighted by Gasteiger charge is -2.21. The number of rotatable bonds is 3. The van der Waals surface area contributed by atoms with Gasteiger partial charge in [-0.2, -0.15) is 0 Å². The van der Waals surface area contributed by atoms with Crippen LogP contribution in [0.2, 0.25) is 0 Å². The Bertz CT molecular complexity index is 736. The Labute approximate surface area is 147 Å². The first-order chi connectivity index (χ1) is 11.7. The van der Waals surface area contributed by atoms with Crippen molar-refractivity contribution in [3.8, 4) is 0 Å². The molecule has 2 aliphatic heterocycles. The Morgan fingerprint density at radius 3 is 2.71 bits per heavy atom. The zero-order valence-corrected chi connectivity index (χ0v) is 15.1. The van der Waals surface area contributed by atoms with Crippen LogP contribution >= 0.6 is 11.3 Å². The molecule has 4 rings (SSSR count). The maximum absolute atomic E-state index is 11.6. The minimum absolute atomic E-state index is 0.619. The standard InChI is InChI=1S/C20H25N2OS/c1-2-16-9-11-17(12-10-16)21-15-20(23,18-7-6-14-24-18)22-13-5-3-4-8-19(21)22/h6-7,9-12,14,23H,2-5,8,13,15H2,1H3/q+1/t20-/m1/s1. The van der Waals surface area contributed by atoms with Crippen LogP contribution < -0.4 is 4.90 Å². The van der Waals surface area contributed by atoms with Crippen LogP contribution in [0.15, 0.2) is 41.8 Å². The summed E-state index contributed by atoms with van der Waals surface area (Å²) in [6.45, 7) is 3.74. The van der Waals surface area contributed by atoms with Gasteiger partial charge in [-0.25, -0.2) is 9.48 Å². The van der Waals surface area contributed by atoms with Gasteiger partial charge in [-0.1, -0.05) is 25.1 Å². The van der Waals surface area contributed by atoms with E-state index in [1.54, 1.807) is 11.3 Å². The molecular formula is C20H25N2OS+. The van der Waals surface area contributed by atoms with Crippen LogP contribution in [0.3, 0.4) is 0 Å². The van der Waals surface area contributed by atoms with Crippen LogP contribution in [0.4, 0.5) is 5.69 Å². The number of amidine groups is 1. The zero-order chi connectivity index (χ0) is 16.6. The largest absolute Gasteiger partial charge is 0.346 e. The van der Waals surface area contributed by atoms with E-state index in [1.165, 1.54) is 29.9 Å². The third-order valence-corrected chi connectivity index (χ3v) is 6.31. The molecule has 0 saturated heterocycles. The highest BCUT2D eigenvalue weighted by molar-refractivity contribution is 7.10. The van der Waals surface area contributed by atoms with Gasteiger partial charge in [-0.15, -0.1) is 11.3 Å². The summed E-state index contributed by atoms with van der Waals surface area (Å²) in [7, 11) is 0. The molecule has 1 N–H and O–H groups in total. The highest BCUT2D eigenvalue weighted by Gasteiger charge is 2.52. The zero-order valence-electron chi connectivity index (χ0n) is 14.2. The quantitative estimate of drug-likeness (QED) is 0.855. The van der Waals surface area contributed by atoms with E-state index < -0.39 is 5.72 Å². The fourth-order valence-electron chi connectivity index (χ4n) is 3.94. The molecule has 1 aromatic carbocycles. The van der Waals surface area contributed by atoms with Gasteiger partial charge >= 0.3 is 0 Å². The second-order valence-electron chi connectivity index (χ2n) is 6.78. The van der Waals surface area contributed by atoms with E-state index in [2.05, 4.69) is 52.1 Å². The van der Waals surface area contributed by atoms with Gasteiger partial charge < -0.3 is 5.11 Å². The Hall–Kier alpha value is -1.65. The van der Waals surface area contributed by atoms with Crippen molar-refractivity contribution in [1.82, 2.24) is 0 Å². The summed E-state index contributed by atoms with van der Waals surface area (Å²) in [5.41, 5.74) is 1.66. The first-order valence-electron chi connectivity index (χ1n) is 8.98. The molecule has 0 radical (unpaired) electrons. The van der Waals surface area contributed by atoms with Gasteiger partial charge in [0, 0.05) is 6.42 Å². The van der Waals surface area contributed by atoms with E-state index in [1.807, 2.05) is 6.07 Å². The highest BCUT2D eigenvalue weighted by Crippen LogP contribution is 2.37. The highest BCUT2D eigenvalue weighted by atomic mass is 32.1. The third-order valence-electron chi connectivity index (χ3n) is 5.30. The lowest BCUT2D eigenvalue weighted by Crippen LogP contribution is -2.40. The van der Waals surface area contributed by atoms with Gasteiger partial charge in [0.2, 0.25) is 0 Å². The van der Waals surface area contributed by atoms with Crippen molar-refractivity contribution < 1.29 is 9.68 Å². The van der Waals surface area contributed by atoms with Gasteiger partial charge in [0.25, 0.3) is 11.6 Å². The van der Waals surface area contributed by atoms with Crippen molar-refractivity contribution in [3.05, 3.63) is 52.2 Å². The lowest BCUT2D eigenvalue weighted by molar-refractivity contribution is -0.657. The average molecular weight is 342 g/mol. The number of anilines is 1. The summed E-state index contributed by atoms with van der Waals surface area (Å²) >= 11 is 1.65. The summed E-state index contributed by atoms with van der Waals surface area (Å²) in [5, 5.41) is 13.6. The molecular weight excluding hydrogens is 316 g/mol. The van der Waals surface area contributed by atoms with Gasteiger partial charge in [0.1, 0.15) is 5.69 Å². The summed E-state index contributed by atoms with van der Waals surface area (Å²) in [4.78, 5) is 3.39. The first kappa shape index (κ1) is 15.9. The van der Waals surface area contributed by atoms with Crippen molar-refractivity contribution in [1.29, 1.82) is 0 Å². The van der Waals surface area contributed by atoms with Crippen LogP contribution in [0.1, 0.15) is 43.0 Å². The fourth-order valence-corrected chi connectivity index (χ4v) is 4.76. The Kier molecular flexibility index (Phi) is 4.19. The lowest BCUT2D eigenvalue weighted by atomic mass is 10.1. The molecule has 4 heteroatoms. The molecule has 1 aromatic heterocycles. The Balaban J connectivity index is 1.76. The van der Waals surface area contributed by atoms with Crippen molar-refractivity contribution in [2.75, 3.05) is 18.0 Å². The monoisotopic (exact) mass is 341 g/mol. The Morgan fingerprint density at radius 2 is 2.00 bits per heavy atom. The van der Waals surface area contributed by atoms with E-state index in [0.717, 1.165) is 30.7 Å². The van der Waals surface area contributed by atoms with Crippen LogP contribution in [-0.4, -0.2) is 28.6 Å². The number of thiophene rings is 1. The summed E-state index contributed by atoms with van der Waals surface area (Å²) in [6.07, 6.45) is 5.70. The number of aryl methyl sites for hydroxylation is 1. The van der Waals surface area contributed by atoms with Gasteiger partial charge in [0.05, 0.1) is 11.4 Å². The van der Waals surface area contributed by atoms with Crippen molar-refractivity contribution in [3.63, 3.8) is 0 Å². The maximum atomic E-state index is 11.6. The minimum Gasteiger partial charge on any atom is -0.346 e. The van der Waals surface area contributed by atoms with Crippen LogP contribution in [0, 0.1) is 0 Å². The predicted octanol–water partition coefficient (Wildman–Crippen LogP) is 3.96. The number of hydrogen-bond donors (Lipinski definition) is 1. The number of benzene rings is 1. The van der Waals surface area contributed by atoms with E-state index in [9.17, 15) is 5.11 Å². The molecule has 0 aliphatic carbocycles. The molecule has 3 nitrogen and oxygen atoms in total. The number of β-amino-alcohol motifs (C(OH)–C–C–N with tert-alkyl or cyclic N) is 1. The number of aliphatic hydroxyl groups is 1. The second-order valence-corrected chi connectivity index (χ2v) is 7.73. The average Bonchev–Trinajstić information content (AvgIpc) is 3.16. The van der Waals surface area contributed by atoms with Crippen LogP contribution in [0.25, 0.3) is 0 Å². The second kappa shape index (κ2) is 6.34. The molecule has 2 aliphatic rings. The molecule has 0 bridgehead atoms. The number of hydrogen-bond acceptors (Lipinski definition) is 3. The normalized spacial score (nSPS) is 24.2. The molecule has 126 valence electrons. The first-order valence-corrected chi connectivity index (χ1v) is 9.86. The van der Waals surface area contributed by atoms with Crippen molar-refractivity contribution >= 4 is 22.9 Å². The smallest absolute Gasteiger partial charge is 0.280 e. The van der Waals surface area contributed by atoms with E-state index >= 15 is 0 Å². The van der Waals surface area contributed by atoms with E-state index in [-0.39, 0.29) is 0 Å². The molecule has 0 amide bonds. The SMILES string of the molecule is CCc1ccc(N2C[C@@](O)(c3cccs3)[N+]3=C2CCCCC3)cc1. The van der Waals surface area contributed by atoms with E-state index in [4.69, 9.17) is 0 Å². The molecule has 1 atom stereocenters. The molecule has 24 heavy (non-hydrogen) atoms. The molecule has 0 saturated carbocycles. The van der Waals surface area contributed by atoms with E-state index in [0.29, 0.717) is 6.54 Å². The third kappa shape index (κ3) is 2.58. The summed E-state index contributed by atoms with van der Waals surface area (Å²) < 4.78 is 2.26. The van der Waals surface area contributed by atoms with Crippen LogP contribution in [0.5, 0.6) is 0 Å². The molecule has 0 spiro atoms. The van der Waals surface area contributed by atoms with Gasteiger partial charge in [0.15, 0.2) is 6.54 Å². The van der Waals surface area contributed by atoms with Crippen molar-refractivity contribution in [2.45, 2.75) is 44.8 Å².